The first-order valence-corrected chi connectivity index (χ1v) is 9.19. The summed E-state index contributed by atoms with van der Waals surface area (Å²) in [6.45, 7) is 3.03. The normalized spacial score (nSPS) is 26.4. The van der Waals surface area contributed by atoms with Crippen molar-refractivity contribution in [2.24, 2.45) is 0 Å². The summed E-state index contributed by atoms with van der Waals surface area (Å²) >= 11 is 0. The van der Waals surface area contributed by atoms with E-state index in [0.29, 0.717) is 16.6 Å². The summed E-state index contributed by atoms with van der Waals surface area (Å²) < 4.78 is 7.30. The van der Waals surface area contributed by atoms with Crippen LogP contribution in [0.25, 0.3) is 11.0 Å². The lowest BCUT2D eigenvalue weighted by Crippen LogP contribution is -2.44. The Morgan fingerprint density at radius 3 is 2.62 bits per heavy atom. The molecular weight excluding hydrogens is 372 g/mol. The molecular formula is C21H22N4O4. The molecule has 8 nitrogen and oxygen atoms in total. The molecule has 1 aromatic carbocycles. The Morgan fingerprint density at radius 2 is 1.97 bits per heavy atom. The van der Waals surface area contributed by atoms with E-state index in [1.54, 1.807) is 10.8 Å². The number of ether oxygens (including phenoxy) is 1. The van der Waals surface area contributed by atoms with Crippen LogP contribution >= 0.6 is 0 Å². The predicted molar refractivity (Wildman–Crippen MR) is 107 cm³/mol. The summed E-state index contributed by atoms with van der Waals surface area (Å²) in [5.41, 5.74) is 7.40. The number of aliphatic hydroxyl groups excluding tert-OH is 2. The summed E-state index contributed by atoms with van der Waals surface area (Å²) in [5.74, 6) is 6.43. The molecule has 0 radical (unpaired) electrons. The fraction of sp³-hybridized carbons (Fsp3) is 0.333. The smallest absolute Gasteiger partial charge is 0.167 e. The quantitative estimate of drug-likeness (QED) is 0.472. The third kappa shape index (κ3) is 3.24. The zero-order valence-electron chi connectivity index (χ0n) is 16.1. The molecule has 0 saturated carbocycles. The monoisotopic (exact) mass is 394 g/mol. The van der Waals surface area contributed by atoms with Crippen LogP contribution in [0, 0.1) is 18.8 Å². The van der Waals surface area contributed by atoms with Gasteiger partial charge >= 0.3 is 0 Å². The van der Waals surface area contributed by atoms with Gasteiger partial charge < -0.3 is 30.4 Å². The number of hydrogen-bond donors (Lipinski definition) is 4. The summed E-state index contributed by atoms with van der Waals surface area (Å²) in [7, 11) is 0. The Balaban J connectivity index is 1.84. The average Bonchev–Trinajstić information content (AvgIpc) is 3.17. The minimum atomic E-state index is -1.65. The van der Waals surface area contributed by atoms with E-state index in [4.69, 9.17) is 10.5 Å². The van der Waals surface area contributed by atoms with Gasteiger partial charge in [0.15, 0.2) is 6.23 Å². The number of aliphatic hydroxyl groups is 3. The Labute approximate surface area is 167 Å². The first kappa shape index (κ1) is 19.4. The molecule has 5 N–H and O–H groups in total. The largest absolute Gasteiger partial charge is 0.394 e. The van der Waals surface area contributed by atoms with Crippen LogP contribution in [0.1, 0.15) is 29.8 Å². The molecule has 29 heavy (non-hydrogen) atoms. The fourth-order valence-electron chi connectivity index (χ4n) is 3.55. The fourth-order valence-corrected chi connectivity index (χ4v) is 3.55. The molecule has 4 rings (SSSR count). The molecule has 0 unspecified atom stereocenters. The molecule has 150 valence electrons. The van der Waals surface area contributed by atoms with E-state index in [1.807, 2.05) is 31.2 Å². The maximum atomic E-state index is 10.8. The highest BCUT2D eigenvalue weighted by atomic mass is 16.6. The van der Waals surface area contributed by atoms with Crippen molar-refractivity contribution < 1.29 is 20.1 Å². The molecule has 1 fully saturated rings. The van der Waals surface area contributed by atoms with Gasteiger partial charge in [0.05, 0.1) is 17.6 Å². The van der Waals surface area contributed by atoms with E-state index in [-0.39, 0.29) is 5.82 Å². The van der Waals surface area contributed by atoms with Crippen LogP contribution in [-0.4, -0.2) is 54.3 Å². The van der Waals surface area contributed by atoms with E-state index in [2.05, 4.69) is 21.8 Å². The maximum Gasteiger partial charge on any atom is 0.167 e. The standard InChI is InChI=1S/C21H22N4O4/c1-12-3-5-13(6-4-12)7-8-14-9-25(19-16(14)18(22)23-11-24-19)20-21(2,28)17(27)15(10-26)29-20/h3-6,9,11,15,17,20,26-28H,10H2,1-2H3,(H2,22,23,24)/t15-,17-,20-,21-/m1/s1. The lowest BCUT2D eigenvalue weighted by molar-refractivity contribution is -0.0948. The summed E-state index contributed by atoms with van der Waals surface area (Å²) in [6.07, 6.45) is -0.191. The molecule has 1 aliphatic heterocycles. The maximum absolute atomic E-state index is 10.8. The number of aryl methyl sites for hydroxylation is 1. The highest BCUT2D eigenvalue weighted by Gasteiger charge is 2.53. The van der Waals surface area contributed by atoms with Gasteiger partial charge in [0.25, 0.3) is 0 Å². The molecule has 3 aromatic rings. The predicted octanol–water partition coefficient (Wildman–Crippen LogP) is 0.723. The summed E-state index contributed by atoms with van der Waals surface area (Å²) in [6, 6.07) is 7.80. The van der Waals surface area contributed by atoms with Gasteiger partial charge in [-0.05, 0) is 26.0 Å². The highest BCUT2D eigenvalue weighted by molar-refractivity contribution is 5.92. The van der Waals surface area contributed by atoms with Gasteiger partial charge in [0.1, 0.15) is 35.6 Å². The number of fused-ring (bicyclic) bond motifs is 1. The van der Waals surface area contributed by atoms with Gasteiger partial charge in [-0.15, -0.1) is 0 Å². The van der Waals surface area contributed by atoms with Gasteiger partial charge in [-0.25, -0.2) is 9.97 Å². The van der Waals surface area contributed by atoms with Gasteiger partial charge in [-0.1, -0.05) is 29.5 Å². The molecule has 4 atom stereocenters. The number of anilines is 1. The Hall–Kier alpha value is -2.96. The molecule has 3 heterocycles. The van der Waals surface area contributed by atoms with E-state index in [9.17, 15) is 15.3 Å². The van der Waals surface area contributed by atoms with Crippen LogP contribution in [0.3, 0.4) is 0 Å². The van der Waals surface area contributed by atoms with Crippen LogP contribution in [0.15, 0.2) is 36.8 Å². The molecule has 1 saturated heterocycles. The first-order chi connectivity index (χ1) is 13.8. The van der Waals surface area contributed by atoms with Crippen LogP contribution < -0.4 is 5.73 Å². The molecule has 0 aliphatic carbocycles. The lowest BCUT2D eigenvalue weighted by atomic mass is 9.96. The second-order valence-corrected chi connectivity index (χ2v) is 7.40. The molecule has 0 bridgehead atoms. The minimum Gasteiger partial charge on any atom is -0.394 e. The third-order valence-electron chi connectivity index (χ3n) is 5.22. The highest BCUT2D eigenvalue weighted by Crippen LogP contribution is 2.40. The van der Waals surface area contributed by atoms with Crippen molar-refractivity contribution in [1.82, 2.24) is 14.5 Å². The van der Waals surface area contributed by atoms with Crippen molar-refractivity contribution in [2.45, 2.75) is 37.9 Å². The zero-order chi connectivity index (χ0) is 20.8. The third-order valence-corrected chi connectivity index (χ3v) is 5.22. The number of aromatic nitrogens is 3. The van der Waals surface area contributed by atoms with Crippen molar-refractivity contribution in [2.75, 3.05) is 12.3 Å². The molecule has 0 spiro atoms. The van der Waals surface area contributed by atoms with E-state index in [1.165, 1.54) is 13.3 Å². The molecule has 2 aromatic heterocycles. The van der Waals surface area contributed by atoms with Crippen LogP contribution in [-0.2, 0) is 4.74 Å². The van der Waals surface area contributed by atoms with Crippen LogP contribution in [0.2, 0.25) is 0 Å². The number of nitrogens with zero attached hydrogens (tertiary/aromatic N) is 3. The van der Waals surface area contributed by atoms with Gasteiger partial charge in [-0.2, -0.15) is 0 Å². The number of nitrogen functional groups attached to an aromatic ring is 1. The van der Waals surface area contributed by atoms with Gasteiger partial charge in [-0.3, -0.25) is 0 Å². The van der Waals surface area contributed by atoms with E-state index < -0.39 is 30.6 Å². The average molecular weight is 394 g/mol. The van der Waals surface area contributed by atoms with Crippen molar-refractivity contribution >= 4 is 16.9 Å². The van der Waals surface area contributed by atoms with E-state index >= 15 is 0 Å². The second-order valence-electron chi connectivity index (χ2n) is 7.40. The Bertz CT molecular complexity index is 1110. The van der Waals surface area contributed by atoms with Crippen LogP contribution in [0.5, 0.6) is 0 Å². The van der Waals surface area contributed by atoms with E-state index in [0.717, 1.165) is 11.1 Å². The van der Waals surface area contributed by atoms with Crippen molar-refractivity contribution in [1.29, 1.82) is 0 Å². The topological polar surface area (TPSA) is 127 Å². The minimum absolute atomic E-state index is 0.249. The number of benzene rings is 1. The molecule has 8 heteroatoms. The SMILES string of the molecule is Cc1ccc(C#Cc2cn([C@@H]3O[C@H](CO)[C@@H](O)[C@@]3(C)O)c3ncnc(N)c23)cc1. The second kappa shape index (κ2) is 7.13. The number of hydrogen-bond acceptors (Lipinski definition) is 7. The lowest BCUT2D eigenvalue weighted by Gasteiger charge is -2.27. The number of nitrogens with two attached hydrogens (primary N) is 1. The van der Waals surface area contributed by atoms with Crippen LogP contribution in [0.4, 0.5) is 5.82 Å². The number of rotatable bonds is 2. The first-order valence-electron chi connectivity index (χ1n) is 9.19. The molecule has 0 amide bonds. The Kier molecular flexibility index (Phi) is 4.76. The zero-order valence-corrected chi connectivity index (χ0v) is 16.1. The van der Waals surface area contributed by atoms with Crippen molar-refractivity contribution in [3.8, 4) is 11.8 Å². The van der Waals surface area contributed by atoms with Gasteiger partial charge in [0.2, 0.25) is 0 Å². The van der Waals surface area contributed by atoms with Gasteiger partial charge in [0, 0.05) is 11.8 Å². The molecule has 1 aliphatic rings. The summed E-state index contributed by atoms with van der Waals surface area (Å²) in [4.78, 5) is 8.33. The summed E-state index contributed by atoms with van der Waals surface area (Å²) in [5, 5.41) is 31.1. The van der Waals surface area contributed by atoms with Crippen molar-refractivity contribution in [3.05, 3.63) is 53.5 Å². The van der Waals surface area contributed by atoms with Crippen molar-refractivity contribution in [3.63, 3.8) is 0 Å². The Morgan fingerprint density at radius 1 is 1.24 bits per heavy atom.